The number of nitrogens with zero attached hydrogens (tertiary/aromatic N) is 3. The monoisotopic (exact) mass is 474 g/mol. The van der Waals surface area contributed by atoms with Crippen LogP contribution in [-0.2, 0) is 22.3 Å². The van der Waals surface area contributed by atoms with Crippen molar-refractivity contribution in [1.29, 1.82) is 0 Å². The van der Waals surface area contributed by atoms with Crippen LogP contribution in [0.2, 0.25) is 0 Å². The van der Waals surface area contributed by atoms with Gasteiger partial charge < -0.3 is 14.7 Å². The Labute approximate surface area is 178 Å². The lowest BCUT2D eigenvalue weighted by molar-refractivity contribution is 0.0973. The first-order valence-electron chi connectivity index (χ1n) is 9.76. The molecule has 1 spiro atoms. The minimum atomic E-state index is -1.14. The van der Waals surface area contributed by atoms with Crippen LogP contribution in [0.25, 0.3) is 0 Å². The summed E-state index contributed by atoms with van der Waals surface area (Å²) in [5.41, 5.74) is 1.37. The van der Waals surface area contributed by atoms with E-state index in [1.54, 1.807) is 0 Å². The lowest BCUT2D eigenvalue weighted by Gasteiger charge is -2.43. The van der Waals surface area contributed by atoms with Gasteiger partial charge in [0.2, 0.25) is 0 Å². The van der Waals surface area contributed by atoms with Gasteiger partial charge in [-0.25, -0.2) is 18.9 Å². The minimum Gasteiger partial charge on any atom is -0.390 e. The molecule has 2 saturated heterocycles. The summed E-state index contributed by atoms with van der Waals surface area (Å²) in [6.07, 6.45) is 1.86. The normalized spacial score (nSPS) is 26.0. The summed E-state index contributed by atoms with van der Waals surface area (Å²) in [7, 11) is -1.14. The third kappa shape index (κ3) is 4.28. The van der Waals surface area contributed by atoms with E-state index < -0.39 is 11.0 Å². The van der Waals surface area contributed by atoms with E-state index in [0.29, 0.717) is 16.9 Å². The first kappa shape index (κ1) is 22.1. The standard InChI is InChI=1S/C19H31BrN4O3S/c1-12-16(20)22-14(10-25)17(21-12)24-8-6-19(7-9-24)11-27-13(2)15(19)23-28(26)18(3,4)5/h13,15,23,25H,6-11H2,1-5H3/t13-,15+,28?/m0/s1. The molecule has 0 aliphatic carbocycles. The summed E-state index contributed by atoms with van der Waals surface area (Å²) in [5.74, 6) is 0.757. The fourth-order valence-electron chi connectivity index (χ4n) is 3.99. The SMILES string of the molecule is Cc1nc(N2CCC3(CC2)CO[C@@H](C)[C@H]3NS(=O)C(C)(C)C)c(CO)nc1Br. The van der Waals surface area contributed by atoms with Crippen LogP contribution in [0.3, 0.4) is 0 Å². The van der Waals surface area contributed by atoms with Crippen LogP contribution >= 0.6 is 15.9 Å². The van der Waals surface area contributed by atoms with E-state index in [9.17, 15) is 9.32 Å². The summed E-state index contributed by atoms with van der Waals surface area (Å²) >= 11 is 3.39. The molecule has 0 amide bonds. The molecule has 2 aliphatic heterocycles. The van der Waals surface area contributed by atoms with E-state index in [0.717, 1.165) is 37.4 Å². The minimum absolute atomic E-state index is 0.0283. The molecule has 28 heavy (non-hydrogen) atoms. The number of aliphatic hydroxyl groups is 1. The Morgan fingerprint density at radius 1 is 1.36 bits per heavy atom. The molecule has 3 heterocycles. The zero-order chi connectivity index (χ0) is 20.7. The highest BCUT2D eigenvalue weighted by Crippen LogP contribution is 2.43. The largest absolute Gasteiger partial charge is 0.390 e. The molecular weight excluding hydrogens is 444 g/mol. The molecular formula is C19H31BrN4O3S. The maximum absolute atomic E-state index is 12.7. The number of ether oxygens (including phenoxy) is 1. The molecule has 158 valence electrons. The third-order valence-corrected chi connectivity index (χ3v) is 8.16. The van der Waals surface area contributed by atoms with Gasteiger partial charge in [-0.1, -0.05) is 0 Å². The van der Waals surface area contributed by atoms with Gasteiger partial charge in [-0.2, -0.15) is 0 Å². The average molecular weight is 475 g/mol. The van der Waals surface area contributed by atoms with Gasteiger partial charge in [0.15, 0.2) is 5.82 Å². The van der Waals surface area contributed by atoms with Crippen molar-refractivity contribution in [3.8, 4) is 0 Å². The second-order valence-electron chi connectivity index (χ2n) is 8.87. The molecule has 1 unspecified atom stereocenters. The molecule has 0 radical (unpaired) electrons. The molecule has 2 fully saturated rings. The first-order chi connectivity index (χ1) is 13.1. The molecule has 2 N–H and O–H groups in total. The number of aliphatic hydroxyl groups excluding tert-OH is 1. The molecule has 2 aliphatic rings. The fraction of sp³-hybridized carbons (Fsp3) is 0.789. The maximum atomic E-state index is 12.7. The highest BCUT2D eigenvalue weighted by molar-refractivity contribution is 9.10. The summed E-state index contributed by atoms with van der Waals surface area (Å²) in [4.78, 5) is 11.3. The van der Waals surface area contributed by atoms with Gasteiger partial charge >= 0.3 is 0 Å². The van der Waals surface area contributed by atoms with Crippen LogP contribution in [0, 0.1) is 12.3 Å². The fourth-order valence-corrected chi connectivity index (χ4v) is 5.32. The quantitative estimate of drug-likeness (QED) is 0.696. The van der Waals surface area contributed by atoms with Crippen LogP contribution in [0.15, 0.2) is 4.60 Å². The predicted octanol–water partition coefficient (Wildman–Crippen LogP) is 2.47. The van der Waals surface area contributed by atoms with Crippen LogP contribution in [0.1, 0.15) is 51.9 Å². The van der Waals surface area contributed by atoms with Gasteiger partial charge in [-0.15, -0.1) is 0 Å². The van der Waals surface area contributed by atoms with Crippen molar-refractivity contribution in [1.82, 2.24) is 14.7 Å². The summed E-state index contributed by atoms with van der Waals surface area (Å²) < 4.78 is 22.4. The van der Waals surface area contributed by atoms with Crippen molar-refractivity contribution in [2.24, 2.45) is 5.41 Å². The van der Waals surface area contributed by atoms with E-state index >= 15 is 0 Å². The van der Waals surface area contributed by atoms with Crippen LogP contribution < -0.4 is 9.62 Å². The Morgan fingerprint density at radius 2 is 2.00 bits per heavy atom. The Morgan fingerprint density at radius 3 is 2.57 bits per heavy atom. The summed E-state index contributed by atoms with van der Waals surface area (Å²) in [6, 6.07) is 0.0600. The van der Waals surface area contributed by atoms with Crippen LogP contribution in [0.5, 0.6) is 0 Å². The van der Waals surface area contributed by atoms with Crippen molar-refractivity contribution < 1.29 is 14.1 Å². The molecule has 0 aromatic carbocycles. The van der Waals surface area contributed by atoms with E-state index in [1.807, 2.05) is 27.7 Å². The second-order valence-corrected chi connectivity index (χ2v) is 11.6. The van der Waals surface area contributed by atoms with Gasteiger partial charge in [-0.05, 0) is 63.4 Å². The molecule has 0 saturated carbocycles. The first-order valence-corrected chi connectivity index (χ1v) is 11.7. The van der Waals surface area contributed by atoms with Crippen molar-refractivity contribution in [2.75, 3.05) is 24.6 Å². The van der Waals surface area contributed by atoms with E-state index in [-0.39, 0.29) is 28.9 Å². The van der Waals surface area contributed by atoms with Crippen LogP contribution in [0.4, 0.5) is 5.82 Å². The van der Waals surface area contributed by atoms with Crippen LogP contribution in [-0.4, -0.2) is 55.9 Å². The number of halogens is 1. The number of nitrogens with one attached hydrogen (secondary N) is 1. The third-order valence-electron chi connectivity index (χ3n) is 5.82. The number of piperidine rings is 1. The molecule has 0 bridgehead atoms. The lowest BCUT2D eigenvalue weighted by Crippen LogP contribution is -2.55. The Balaban J connectivity index is 1.76. The Kier molecular flexibility index (Phi) is 6.51. The van der Waals surface area contributed by atoms with E-state index in [4.69, 9.17) is 4.74 Å². The molecule has 1 aromatic heterocycles. The van der Waals surface area contributed by atoms with Gasteiger partial charge in [0.05, 0.1) is 46.8 Å². The molecule has 1 aromatic rings. The number of rotatable bonds is 4. The predicted molar refractivity (Wildman–Crippen MR) is 115 cm³/mol. The number of hydrogen-bond acceptors (Lipinski definition) is 6. The zero-order valence-electron chi connectivity index (χ0n) is 17.3. The van der Waals surface area contributed by atoms with E-state index in [1.165, 1.54) is 0 Å². The van der Waals surface area contributed by atoms with Crippen molar-refractivity contribution in [3.63, 3.8) is 0 Å². The molecule has 9 heteroatoms. The van der Waals surface area contributed by atoms with Gasteiger partial charge in [0, 0.05) is 18.5 Å². The van der Waals surface area contributed by atoms with Gasteiger partial charge in [0.25, 0.3) is 0 Å². The summed E-state index contributed by atoms with van der Waals surface area (Å²) in [5, 5.41) is 9.71. The van der Waals surface area contributed by atoms with Crippen molar-refractivity contribution in [2.45, 2.75) is 71.0 Å². The number of aryl methyl sites for hydroxylation is 1. The summed E-state index contributed by atoms with van der Waals surface area (Å²) in [6.45, 7) is 12.1. The highest BCUT2D eigenvalue weighted by atomic mass is 79.9. The molecule has 7 nitrogen and oxygen atoms in total. The molecule has 3 rings (SSSR count). The average Bonchev–Trinajstić information content (AvgIpc) is 2.93. The van der Waals surface area contributed by atoms with Gasteiger partial charge in [-0.3, -0.25) is 0 Å². The maximum Gasteiger partial charge on any atom is 0.153 e. The van der Waals surface area contributed by atoms with Crippen molar-refractivity contribution in [3.05, 3.63) is 16.0 Å². The zero-order valence-corrected chi connectivity index (χ0v) is 19.7. The number of hydrogen-bond donors (Lipinski definition) is 2. The number of aromatic nitrogens is 2. The van der Waals surface area contributed by atoms with Crippen molar-refractivity contribution >= 4 is 32.7 Å². The Hall–Kier alpha value is -0.610. The Bertz CT molecular complexity index is 747. The number of anilines is 1. The highest BCUT2D eigenvalue weighted by Gasteiger charge is 2.50. The second kappa shape index (κ2) is 8.26. The lowest BCUT2D eigenvalue weighted by atomic mass is 9.73. The van der Waals surface area contributed by atoms with E-state index in [2.05, 4.69) is 42.4 Å². The van der Waals surface area contributed by atoms with Gasteiger partial charge in [0.1, 0.15) is 10.3 Å². The molecule has 3 atom stereocenters. The smallest absolute Gasteiger partial charge is 0.153 e. The topological polar surface area (TPSA) is 87.6 Å².